The van der Waals surface area contributed by atoms with Crippen LogP contribution in [0.2, 0.25) is 0 Å². The van der Waals surface area contributed by atoms with Crippen LogP contribution in [0.15, 0.2) is 0 Å². The van der Waals surface area contributed by atoms with E-state index in [2.05, 4.69) is 41.5 Å². The molecular weight excluding hydrogens is 521 g/mol. The number of aromatic hydroxyl groups is 1. The molecule has 0 amide bonds. The maximum atomic E-state index is 10.4. The molecule has 38 heavy (non-hydrogen) atoms. The summed E-state index contributed by atoms with van der Waals surface area (Å²) in [4.78, 5) is 21.6. The van der Waals surface area contributed by atoms with Crippen molar-refractivity contribution < 1.29 is 91.1 Å². The van der Waals surface area contributed by atoms with Gasteiger partial charge in [0, 0.05) is 5.56 Å². The minimum Gasteiger partial charge on any atom is -1.00 e. The van der Waals surface area contributed by atoms with Gasteiger partial charge in [-0.3, -0.25) is 0 Å². The number of phosphoric acid groups is 1. The molecule has 1 heterocycles. The third-order valence-electron chi connectivity index (χ3n) is 7.87. The van der Waals surface area contributed by atoms with E-state index in [1.807, 2.05) is 13.8 Å². The second-order valence-electron chi connectivity index (χ2n) is 12.0. The Morgan fingerprint density at radius 1 is 0.842 bits per heavy atom. The number of rotatable bonds is 12. The van der Waals surface area contributed by atoms with Crippen molar-refractivity contribution >= 4 is 7.82 Å². The monoisotopic (exact) mass is 576 g/mol. The Morgan fingerprint density at radius 2 is 1.29 bits per heavy atom. The van der Waals surface area contributed by atoms with E-state index in [1.165, 1.54) is 56.9 Å². The van der Waals surface area contributed by atoms with Crippen molar-refractivity contribution in [3.8, 4) is 11.5 Å². The summed E-state index contributed by atoms with van der Waals surface area (Å²) in [5.74, 6) is 4.04. The number of benzene rings is 1. The predicted octanol–water partition coefficient (Wildman–Crippen LogP) is 2.14. The molecule has 0 aliphatic carbocycles. The zero-order valence-electron chi connectivity index (χ0n) is 28.1. The van der Waals surface area contributed by atoms with E-state index >= 15 is 0 Å². The van der Waals surface area contributed by atoms with Gasteiger partial charge in [-0.05, 0) is 87.8 Å². The number of hydrogen-bond donors (Lipinski definition) is 4. The Labute approximate surface area is 279 Å². The summed E-state index contributed by atoms with van der Waals surface area (Å²) in [5.41, 5.74) is 4.23. The van der Waals surface area contributed by atoms with Gasteiger partial charge < -0.3 is 27.4 Å². The predicted molar refractivity (Wildman–Crippen MR) is 151 cm³/mol. The average Bonchev–Trinajstić information content (AvgIpc) is 2.74. The molecule has 214 valence electrons. The molecule has 0 spiro atoms. The van der Waals surface area contributed by atoms with Crippen LogP contribution < -0.4 is 63.9 Å². The quantitative estimate of drug-likeness (QED) is 0.225. The van der Waals surface area contributed by atoms with Crippen molar-refractivity contribution in [3.05, 3.63) is 22.3 Å². The Bertz CT molecular complexity index is 877. The molecule has 1 aliphatic rings. The summed E-state index contributed by atoms with van der Waals surface area (Å²) in [7, 11) is -4.64. The topological polar surface area (TPSA) is 107 Å². The Hall–Kier alpha value is 0.930. The minimum absolute atomic E-state index is 0. The molecule has 0 saturated carbocycles. The molecule has 0 radical (unpaired) electrons. The van der Waals surface area contributed by atoms with Gasteiger partial charge in [0.05, 0.1) is 0 Å². The fourth-order valence-corrected chi connectivity index (χ4v) is 5.27. The summed E-state index contributed by atoms with van der Waals surface area (Å²) in [6.07, 6.45) is 14.1. The van der Waals surface area contributed by atoms with Crippen LogP contribution in [-0.2, 0) is 11.0 Å². The second-order valence-corrected chi connectivity index (χ2v) is 13.0. The van der Waals surface area contributed by atoms with Gasteiger partial charge in [-0.2, -0.15) is 0 Å². The molecule has 6 nitrogen and oxygen atoms in total. The van der Waals surface area contributed by atoms with Crippen LogP contribution in [-0.4, -0.2) is 25.4 Å². The van der Waals surface area contributed by atoms with Gasteiger partial charge in [-0.15, -0.1) is 0 Å². The molecule has 1 aromatic rings. The molecule has 1 aromatic carbocycles. The van der Waals surface area contributed by atoms with Crippen molar-refractivity contribution in [2.75, 3.05) is 0 Å². The van der Waals surface area contributed by atoms with Gasteiger partial charge in [0.15, 0.2) is 0 Å². The van der Waals surface area contributed by atoms with Crippen molar-refractivity contribution in [3.63, 3.8) is 0 Å². The average molecular weight is 577 g/mol. The molecule has 0 saturated heterocycles. The first-order valence-corrected chi connectivity index (χ1v) is 15.4. The second kappa shape index (κ2) is 19.2. The van der Waals surface area contributed by atoms with Crippen LogP contribution in [0.5, 0.6) is 11.5 Å². The van der Waals surface area contributed by atoms with Crippen molar-refractivity contribution in [1.82, 2.24) is 0 Å². The van der Waals surface area contributed by atoms with Crippen LogP contribution in [0.4, 0.5) is 0 Å². The molecule has 3 atom stereocenters. The van der Waals surface area contributed by atoms with Gasteiger partial charge in [0.25, 0.3) is 0 Å². The first kappa shape index (κ1) is 41.1. The third kappa shape index (κ3) is 15.8. The number of fused-ring (bicyclic) bond motifs is 1. The molecule has 1 aliphatic heterocycles. The van der Waals surface area contributed by atoms with Gasteiger partial charge in [0.1, 0.15) is 17.1 Å². The van der Waals surface area contributed by atoms with Crippen molar-refractivity contribution in [2.45, 2.75) is 132 Å². The van der Waals surface area contributed by atoms with Crippen LogP contribution in [0.1, 0.15) is 124 Å². The normalized spacial score (nSPS) is 18.2. The fourth-order valence-electron chi connectivity index (χ4n) is 5.27. The third-order valence-corrected chi connectivity index (χ3v) is 7.87. The van der Waals surface area contributed by atoms with E-state index < -0.39 is 7.82 Å². The SMILES string of the molecule is Cc1c(C)c2c(c(C)c1O)CC[C@@](C)(CCCC(C)CCCC(C)CCCC(C)C)O2.O=P(O)(O)O.[H-].[H-].[Na+].[Na+]. The summed E-state index contributed by atoms with van der Waals surface area (Å²) >= 11 is 0. The fraction of sp³-hybridized carbons (Fsp3) is 0.793. The Morgan fingerprint density at radius 3 is 1.76 bits per heavy atom. The maximum absolute atomic E-state index is 10.4. The molecule has 0 bridgehead atoms. The first-order valence-electron chi connectivity index (χ1n) is 13.8. The summed E-state index contributed by atoms with van der Waals surface area (Å²) in [6.45, 7) is 17.9. The van der Waals surface area contributed by atoms with E-state index in [0.29, 0.717) is 5.75 Å². The molecule has 4 N–H and O–H groups in total. The number of phenols is 1. The molecule has 0 aromatic heterocycles. The van der Waals surface area contributed by atoms with E-state index in [0.717, 1.165) is 59.5 Å². The smallest absolute Gasteiger partial charge is 1.00 e. The Balaban J connectivity index is -0.000000661. The molecule has 2 rings (SSSR count). The molecule has 2 unspecified atom stereocenters. The number of ether oxygens (including phenoxy) is 1. The van der Waals surface area contributed by atoms with Crippen LogP contribution in [0.3, 0.4) is 0 Å². The zero-order valence-corrected chi connectivity index (χ0v) is 31.0. The molecule has 0 fully saturated rings. The maximum Gasteiger partial charge on any atom is 1.00 e. The van der Waals surface area contributed by atoms with Gasteiger partial charge in [-0.25, -0.2) is 4.57 Å². The summed E-state index contributed by atoms with van der Waals surface area (Å²) in [5, 5.41) is 10.4. The van der Waals surface area contributed by atoms with Gasteiger partial charge in [0.2, 0.25) is 0 Å². The van der Waals surface area contributed by atoms with Crippen LogP contribution >= 0.6 is 7.82 Å². The molecular formula is C29H55Na2O6P. The van der Waals surface area contributed by atoms with Gasteiger partial charge >= 0.3 is 66.9 Å². The zero-order chi connectivity index (χ0) is 27.7. The van der Waals surface area contributed by atoms with Crippen LogP contribution in [0, 0.1) is 38.5 Å². The van der Waals surface area contributed by atoms with Crippen molar-refractivity contribution in [2.24, 2.45) is 17.8 Å². The number of hydrogen-bond acceptors (Lipinski definition) is 3. The first-order chi connectivity index (χ1) is 16.5. The van der Waals surface area contributed by atoms with E-state index in [9.17, 15) is 5.11 Å². The Kier molecular flexibility index (Phi) is 20.7. The number of phenolic OH excluding ortho intramolecular Hbond substituents is 1. The van der Waals surface area contributed by atoms with E-state index in [4.69, 9.17) is 24.0 Å². The minimum atomic E-state index is -4.64. The van der Waals surface area contributed by atoms with Crippen LogP contribution in [0.25, 0.3) is 0 Å². The molecule has 9 heteroatoms. The standard InChI is InChI=1S/C29H50O2.2Na.H3O4P.2H/c1-20(2)12-9-13-21(3)14-10-15-22(4)16-11-18-29(8)19-17-26-25(7)27(30)23(5)24(6)28(26)31-29;;;1-5(2,3)4;;/h20-22,30H,9-19H2,1-8H3;;;(H3,1,2,3,4);;/q;2*+1;;2*-1/t21?,22?,29-;;;;;/m1...../s1. The summed E-state index contributed by atoms with van der Waals surface area (Å²) in [6, 6.07) is 0. The van der Waals surface area contributed by atoms with E-state index in [-0.39, 0.29) is 67.6 Å². The summed E-state index contributed by atoms with van der Waals surface area (Å²) < 4.78 is 15.5. The van der Waals surface area contributed by atoms with Gasteiger partial charge in [-0.1, -0.05) is 72.6 Å². The van der Waals surface area contributed by atoms with E-state index in [1.54, 1.807) is 0 Å². The van der Waals surface area contributed by atoms with Crippen molar-refractivity contribution in [1.29, 1.82) is 0 Å². The largest absolute Gasteiger partial charge is 1.00 e.